The van der Waals surface area contributed by atoms with Gasteiger partial charge in [0.2, 0.25) is 5.91 Å². The molecule has 6 heteroatoms. The number of carbonyl (C=O) groups is 1. The Morgan fingerprint density at radius 1 is 1.11 bits per heavy atom. The summed E-state index contributed by atoms with van der Waals surface area (Å²) in [6.07, 6.45) is 4.96. The van der Waals surface area contributed by atoms with E-state index in [4.69, 9.17) is 27.9 Å². The van der Waals surface area contributed by atoms with Gasteiger partial charge in [0.1, 0.15) is 0 Å². The van der Waals surface area contributed by atoms with Gasteiger partial charge < -0.3 is 15.0 Å². The molecule has 1 aliphatic rings. The van der Waals surface area contributed by atoms with Crippen LogP contribution in [-0.4, -0.2) is 50.2 Å². The number of carbonyl (C=O) groups excluding carboxylic acids is 1. The molecule has 2 rings (SSSR count). The molecule has 0 bridgehead atoms. The number of hydrogen-bond donors (Lipinski definition) is 1. The summed E-state index contributed by atoms with van der Waals surface area (Å²) in [5.74, 6) is 0.0768. The van der Waals surface area contributed by atoms with Gasteiger partial charge in [-0.3, -0.25) is 4.79 Å². The molecule has 1 saturated carbocycles. The zero-order valence-electron chi connectivity index (χ0n) is 16.5. The second kappa shape index (κ2) is 11.3. The number of rotatable bonds is 10. The molecule has 0 spiro atoms. The van der Waals surface area contributed by atoms with E-state index in [1.807, 2.05) is 12.1 Å². The maximum atomic E-state index is 13.1. The average molecular weight is 415 g/mol. The van der Waals surface area contributed by atoms with Crippen molar-refractivity contribution in [3.05, 3.63) is 33.8 Å². The van der Waals surface area contributed by atoms with Crippen molar-refractivity contribution in [3.8, 4) is 0 Å². The summed E-state index contributed by atoms with van der Waals surface area (Å²) >= 11 is 12.3. The summed E-state index contributed by atoms with van der Waals surface area (Å²) < 4.78 is 5.68. The van der Waals surface area contributed by atoms with Crippen LogP contribution in [0.25, 0.3) is 0 Å². The van der Waals surface area contributed by atoms with Crippen LogP contribution < -0.4 is 5.32 Å². The van der Waals surface area contributed by atoms with Gasteiger partial charge in [-0.15, -0.1) is 0 Å². The van der Waals surface area contributed by atoms with Gasteiger partial charge in [0.15, 0.2) is 0 Å². The van der Waals surface area contributed by atoms with Crippen molar-refractivity contribution in [1.29, 1.82) is 0 Å². The van der Waals surface area contributed by atoms with Crippen LogP contribution in [0, 0.1) is 0 Å². The number of benzene rings is 1. The van der Waals surface area contributed by atoms with Crippen LogP contribution in [0.1, 0.15) is 51.5 Å². The van der Waals surface area contributed by atoms with Crippen molar-refractivity contribution in [3.63, 3.8) is 0 Å². The lowest BCUT2D eigenvalue weighted by Crippen LogP contribution is -2.46. The molecule has 0 saturated heterocycles. The van der Waals surface area contributed by atoms with E-state index in [1.165, 1.54) is 6.42 Å². The fraction of sp³-hybridized carbons (Fsp3) is 0.667. The molecule has 1 aromatic carbocycles. The first kappa shape index (κ1) is 22.5. The maximum Gasteiger partial charge on any atom is 0.230 e. The minimum Gasteiger partial charge on any atom is -0.378 e. The molecule has 1 N–H and O–H groups in total. The number of likely N-dealkylation sites (N-methyl/N-ethyl adjacent to an activating group) is 1. The Morgan fingerprint density at radius 2 is 1.81 bits per heavy atom. The molecule has 152 valence electrons. The molecule has 27 heavy (non-hydrogen) atoms. The third-order valence-electron chi connectivity index (χ3n) is 5.59. The molecule has 0 heterocycles. The van der Waals surface area contributed by atoms with E-state index in [2.05, 4.69) is 24.1 Å². The third kappa shape index (κ3) is 6.08. The summed E-state index contributed by atoms with van der Waals surface area (Å²) in [6, 6.07) is 5.59. The van der Waals surface area contributed by atoms with E-state index in [0.29, 0.717) is 29.8 Å². The first-order chi connectivity index (χ1) is 13.0. The summed E-state index contributed by atoms with van der Waals surface area (Å²) in [4.78, 5) is 15.4. The molecule has 1 aliphatic carbocycles. The third-order valence-corrected chi connectivity index (χ3v) is 6.33. The Balaban J connectivity index is 1.91. The zero-order chi connectivity index (χ0) is 19.7. The lowest BCUT2D eigenvalue weighted by Gasteiger charge is -2.36. The first-order valence-corrected chi connectivity index (χ1v) is 10.8. The minimum absolute atomic E-state index is 0.0768. The normalized spacial score (nSPS) is 16.5. The first-order valence-electron chi connectivity index (χ1n) is 10.1. The highest BCUT2D eigenvalue weighted by atomic mass is 35.5. The van der Waals surface area contributed by atoms with Crippen molar-refractivity contribution in [1.82, 2.24) is 10.2 Å². The van der Waals surface area contributed by atoms with Gasteiger partial charge in [-0.2, -0.15) is 0 Å². The SMILES string of the molecule is CCN(CC)CCOCCNC(=O)C1(c2ccc(Cl)c(Cl)c2)CCCCC1. The van der Waals surface area contributed by atoms with Crippen LogP contribution in [0.4, 0.5) is 0 Å². The van der Waals surface area contributed by atoms with Crippen LogP contribution in [0.15, 0.2) is 18.2 Å². The smallest absolute Gasteiger partial charge is 0.230 e. The number of nitrogens with zero attached hydrogens (tertiary/aromatic N) is 1. The van der Waals surface area contributed by atoms with Gasteiger partial charge in [0, 0.05) is 13.1 Å². The van der Waals surface area contributed by atoms with Crippen LogP contribution in [0.3, 0.4) is 0 Å². The number of nitrogens with one attached hydrogen (secondary N) is 1. The molecule has 4 nitrogen and oxygen atoms in total. The van der Waals surface area contributed by atoms with Crippen LogP contribution in [-0.2, 0) is 14.9 Å². The highest BCUT2D eigenvalue weighted by molar-refractivity contribution is 6.42. The fourth-order valence-electron chi connectivity index (χ4n) is 3.84. The van der Waals surface area contributed by atoms with Crippen molar-refractivity contribution in [2.45, 2.75) is 51.4 Å². The Labute approximate surface area is 173 Å². The van der Waals surface area contributed by atoms with E-state index < -0.39 is 5.41 Å². The van der Waals surface area contributed by atoms with Crippen molar-refractivity contribution < 1.29 is 9.53 Å². The van der Waals surface area contributed by atoms with Crippen LogP contribution in [0.2, 0.25) is 10.0 Å². The van der Waals surface area contributed by atoms with Gasteiger partial charge in [-0.05, 0) is 43.6 Å². The fourth-order valence-corrected chi connectivity index (χ4v) is 4.14. The predicted molar refractivity (Wildman–Crippen MR) is 113 cm³/mol. The van der Waals surface area contributed by atoms with Gasteiger partial charge in [0.25, 0.3) is 0 Å². The summed E-state index contributed by atoms with van der Waals surface area (Å²) in [7, 11) is 0. The zero-order valence-corrected chi connectivity index (χ0v) is 18.0. The Morgan fingerprint density at radius 3 is 2.44 bits per heavy atom. The molecular formula is C21H32Cl2N2O2. The number of ether oxygens (including phenoxy) is 1. The average Bonchev–Trinajstić information content (AvgIpc) is 2.70. The van der Waals surface area contributed by atoms with Crippen molar-refractivity contribution in [2.24, 2.45) is 0 Å². The summed E-state index contributed by atoms with van der Waals surface area (Å²) in [6.45, 7) is 9.03. The molecule has 0 radical (unpaired) electrons. The lowest BCUT2D eigenvalue weighted by molar-refractivity contribution is -0.128. The Bertz CT molecular complexity index is 600. The molecule has 0 unspecified atom stereocenters. The van der Waals surface area contributed by atoms with Gasteiger partial charge in [-0.1, -0.05) is 62.4 Å². The topological polar surface area (TPSA) is 41.6 Å². The molecule has 1 aromatic rings. The van der Waals surface area contributed by atoms with Gasteiger partial charge in [-0.25, -0.2) is 0 Å². The number of hydrogen-bond acceptors (Lipinski definition) is 3. The maximum absolute atomic E-state index is 13.1. The molecular weight excluding hydrogens is 383 g/mol. The Kier molecular flexibility index (Phi) is 9.37. The highest BCUT2D eigenvalue weighted by Gasteiger charge is 2.41. The molecule has 0 atom stereocenters. The standard InChI is InChI=1S/C21H32Cl2N2O2/c1-3-25(4-2)13-15-27-14-12-24-20(26)21(10-6-5-7-11-21)17-8-9-18(22)19(23)16-17/h8-9,16H,3-7,10-15H2,1-2H3,(H,24,26). The largest absolute Gasteiger partial charge is 0.378 e. The molecule has 1 amide bonds. The van der Waals surface area contributed by atoms with E-state index in [9.17, 15) is 4.79 Å². The second-order valence-corrected chi connectivity index (χ2v) is 7.98. The summed E-state index contributed by atoms with van der Waals surface area (Å²) in [5.41, 5.74) is 0.463. The monoisotopic (exact) mass is 414 g/mol. The summed E-state index contributed by atoms with van der Waals surface area (Å²) in [5, 5.41) is 4.12. The molecule has 1 fully saturated rings. The van der Waals surface area contributed by atoms with Gasteiger partial charge >= 0.3 is 0 Å². The highest BCUT2D eigenvalue weighted by Crippen LogP contribution is 2.41. The van der Waals surface area contributed by atoms with E-state index in [0.717, 1.165) is 50.9 Å². The molecule has 0 aliphatic heterocycles. The quantitative estimate of drug-likeness (QED) is 0.565. The van der Waals surface area contributed by atoms with Crippen molar-refractivity contribution >= 4 is 29.1 Å². The number of halogens is 2. The molecule has 0 aromatic heterocycles. The van der Waals surface area contributed by atoms with E-state index >= 15 is 0 Å². The number of amides is 1. The second-order valence-electron chi connectivity index (χ2n) is 7.17. The lowest BCUT2D eigenvalue weighted by atomic mass is 9.68. The predicted octanol–water partition coefficient (Wildman–Crippen LogP) is 4.67. The van der Waals surface area contributed by atoms with E-state index in [1.54, 1.807) is 6.07 Å². The Hall–Kier alpha value is -0.810. The van der Waals surface area contributed by atoms with Crippen LogP contribution in [0.5, 0.6) is 0 Å². The van der Waals surface area contributed by atoms with Crippen LogP contribution >= 0.6 is 23.2 Å². The minimum atomic E-state index is -0.506. The van der Waals surface area contributed by atoms with Gasteiger partial charge in [0.05, 0.1) is 28.7 Å². The van der Waals surface area contributed by atoms with Crippen molar-refractivity contribution in [2.75, 3.05) is 39.4 Å². The van der Waals surface area contributed by atoms with E-state index in [-0.39, 0.29) is 5.91 Å².